The van der Waals surface area contributed by atoms with Gasteiger partial charge in [0.25, 0.3) is 0 Å². The van der Waals surface area contributed by atoms with Crippen molar-refractivity contribution >= 4 is 17.5 Å². The standard InChI is InChI=1S/C11H15N3O4/c1-3-7(2)10(11(15)16)13-8-4-5-9(12-6-8)14(17)18/h4-7,10,13H,3H2,1-2H3,(H,15,16)/t7-,10-/m0/s1. The molecule has 98 valence electrons. The molecule has 2 atom stereocenters. The van der Waals surface area contributed by atoms with E-state index in [4.69, 9.17) is 5.11 Å². The summed E-state index contributed by atoms with van der Waals surface area (Å²) < 4.78 is 0. The summed E-state index contributed by atoms with van der Waals surface area (Å²) >= 11 is 0. The molecule has 0 bridgehead atoms. The second kappa shape index (κ2) is 5.95. The van der Waals surface area contributed by atoms with Gasteiger partial charge in [0.05, 0.1) is 5.69 Å². The number of pyridine rings is 1. The van der Waals surface area contributed by atoms with Crippen LogP contribution < -0.4 is 5.32 Å². The van der Waals surface area contributed by atoms with Gasteiger partial charge in [-0.05, 0) is 21.9 Å². The molecule has 0 saturated carbocycles. The van der Waals surface area contributed by atoms with Crippen molar-refractivity contribution in [2.45, 2.75) is 26.3 Å². The number of nitrogens with one attached hydrogen (secondary N) is 1. The lowest BCUT2D eigenvalue weighted by atomic mass is 9.99. The highest BCUT2D eigenvalue weighted by molar-refractivity contribution is 5.77. The SMILES string of the molecule is CC[C@H](C)[C@H](Nc1ccc([N+](=O)[O-])nc1)C(=O)O. The number of hydrogen-bond donors (Lipinski definition) is 2. The van der Waals surface area contributed by atoms with Crippen molar-refractivity contribution in [2.75, 3.05) is 5.32 Å². The van der Waals surface area contributed by atoms with E-state index in [-0.39, 0.29) is 11.7 Å². The number of rotatable bonds is 6. The van der Waals surface area contributed by atoms with Crippen LogP contribution in [-0.2, 0) is 4.79 Å². The zero-order valence-corrected chi connectivity index (χ0v) is 10.2. The molecule has 0 fully saturated rings. The molecule has 2 N–H and O–H groups in total. The Balaban J connectivity index is 2.81. The Hall–Kier alpha value is -2.18. The Kier molecular flexibility index (Phi) is 4.59. The molecule has 18 heavy (non-hydrogen) atoms. The van der Waals surface area contributed by atoms with E-state index in [9.17, 15) is 14.9 Å². The smallest absolute Gasteiger partial charge is 0.363 e. The molecular weight excluding hydrogens is 238 g/mol. The topological polar surface area (TPSA) is 105 Å². The third kappa shape index (κ3) is 3.41. The lowest BCUT2D eigenvalue weighted by Crippen LogP contribution is -2.35. The normalized spacial score (nSPS) is 13.7. The number of anilines is 1. The van der Waals surface area contributed by atoms with Crippen LogP contribution in [0.25, 0.3) is 0 Å². The molecular formula is C11H15N3O4. The van der Waals surface area contributed by atoms with Gasteiger partial charge in [0, 0.05) is 6.07 Å². The largest absolute Gasteiger partial charge is 0.480 e. The van der Waals surface area contributed by atoms with Crippen LogP contribution in [-0.4, -0.2) is 27.0 Å². The van der Waals surface area contributed by atoms with Crippen LogP contribution in [0.15, 0.2) is 18.3 Å². The maximum absolute atomic E-state index is 11.1. The summed E-state index contributed by atoms with van der Waals surface area (Å²) in [6.45, 7) is 3.72. The summed E-state index contributed by atoms with van der Waals surface area (Å²) in [5, 5.41) is 22.3. The first kappa shape index (κ1) is 13.9. The van der Waals surface area contributed by atoms with Gasteiger partial charge < -0.3 is 20.5 Å². The predicted molar refractivity (Wildman–Crippen MR) is 65.4 cm³/mol. The van der Waals surface area contributed by atoms with Crippen LogP contribution in [0.3, 0.4) is 0 Å². The van der Waals surface area contributed by atoms with Gasteiger partial charge in [0.2, 0.25) is 0 Å². The van der Waals surface area contributed by atoms with Gasteiger partial charge in [0.1, 0.15) is 6.04 Å². The fraction of sp³-hybridized carbons (Fsp3) is 0.455. The molecule has 0 aromatic carbocycles. The van der Waals surface area contributed by atoms with Crippen LogP contribution in [0.4, 0.5) is 11.5 Å². The van der Waals surface area contributed by atoms with Crippen molar-refractivity contribution in [3.05, 3.63) is 28.4 Å². The summed E-state index contributed by atoms with van der Waals surface area (Å²) in [6, 6.07) is 1.94. The summed E-state index contributed by atoms with van der Waals surface area (Å²) in [7, 11) is 0. The number of carboxylic acid groups (broad SMARTS) is 1. The second-order valence-electron chi connectivity index (χ2n) is 4.01. The summed E-state index contributed by atoms with van der Waals surface area (Å²) in [6.07, 6.45) is 1.97. The van der Waals surface area contributed by atoms with E-state index >= 15 is 0 Å². The van der Waals surface area contributed by atoms with Crippen LogP contribution in [0, 0.1) is 16.0 Å². The highest BCUT2D eigenvalue weighted by Gasteiger charge is 2.23. The van der Waals surface area contributed by atoms with E-state index < -0.39 is 16.9 Å². The lowest BCUT2D eigenvalue weighted by molar-refractivity contribution is -0.389. The molecule has 1 rings (SSSR count). The molecule has 1 aromatic heterocycles. The van der Waals surface area contributed by atoms with Crippen molar-refractivity contribution in [1.82, 2.24) is 4.98 Å². The summed E-state index contributed by atoms with van der Waals surface area (Å²) in [5.74, 6) is -1.28. The fourth-order valence-electron chi connectivity index (χ4n) is 1.44. The highest BCUT2D eigenvalue weighted by atomic mass is 16.6. The first-order valence-electron chi connectivity index (χ1n) is 5.55. The zero-order chi connectivity index (χ0) is 13.7. The van der Waals surface area contributed by atoms with E-state index in [1.807, 2.05) is 13.8 Å². The number of aromatic nitrogens is 1. The maximum Gasteiger partial charge on any atom is 0.363 e. The van der Waals surface area contributed by atoms with Gasteiger partial charge in [-0.3, -0.25) is 0 Å². The first-order valence-corrected chi connectivity index (χ1v) is 5.55. The van der Waals surface area contributed by atoms with Crippen LogP contribution in [0.1, 0.15) is 20.3 Å². The molecule has 1 aromatic rings. The van der Waals surface area contributed by atoms with E-state index in [1.165, 1.54) is 18.3 Å². The van der Waals surface area contributed by atoms with E-state index in [0.717, 1.165) is 0 Å². The minimum Gasteiger partial charge on any atom is -0.480 e. The quantitative estimate of drug-likeness (QED) is 0.592. The second-order valence-corrected chi connectivity index (χ2v) is 4.01. The molecule has 0 radical (unpaired) electrons. The Bertz CT molecular complexity index is 432. The van der Waals surface area contributed by atoms with Crippen molar-refractivity contribution in [3.8, 4) is 0 Å². The highest BCUT2D eigenvalue weighted by Crippen LogP contribution is 2.17. The average molecular weight is 253 g/mol. The third-order valence-electron chi connectivity index (χ3n) is 2.74. The molecule has 7 nitrogen and oxygen atoms in total. The van der Waals surface area contributed by atoms with E-state index in [2.05, 4.69) is 10.3 Å². The van der Waals surface area contributed by atoms with Crippen molar-refractivity contribution < 1.29 is 14.8 Å². The van der Waals surface area contributed by atoms with Gasteiger partial charge >= 0.3 is 11.8 Å². The summed E-state index contributed by atoms with van der Waals surface area (Å²) in [5.41, 5.74) is 0.452. The number of carbonyl (C=O) groups is 1. The molecule has 0 saturated heterocycles. The van der Waals surface area contributed by atoms with E-state index in [0.29, 0.717) is 12.1 Å². The van der Waals surface area contributed by atoms with Crippen LogP contribution >= 0.6 is 0 Å². The van der Waals surface area contributed by atoms with Gasteiger partial charge in [0.15, 0.2) is 6.20 Å². The maximum atomic E-state index is 11.1. The number of nitrogens with zero attached hydrogens (tertiary/aromatic N) is 2. The van der Waals surface area contributed by atoms with Gasteiger partial charge in [-0.2, -0.15) is 0 Å². The van der Waals surface area contributed by atoms with Gasteiger partial charge in [-0.1, -0.05) is 20.3 Å². The Morgan fingerprint density at radius 3 is 2.67 bits per heavy atom. The molecule has 0 unspecified atom stereocenters. The van der Waals surface area contributed by atoms with Gasteiger partial charge in [-0.25, -0.2) is 4.79 Å². The van der Waals surface area contributed by atoms with Crippen LogP contribution in [0.2, 0.25) is 0 Å². The van der Waals surface area contributed by atoms with E-state index in [1.54, 1.807) is 0 Å². The van der Waals surface area contributed by atoms with Gasteiger partial charge in [-0.15, -0.1) is 0 Å². The molecule has 1 heterocycles. The Morgan fingerprint density at radius 1 is 1.61 bits per heavy atom. The number of aliphatic carboxylic acids is 1. The first-order chi connectivity index (χ1) is 8.45. The Morgan fingerprint density at radius 2 is 2.28 bits per heavy atom. The monoisotopic (exact) mass is 253 g/mol. The molecule has 0 spiro atoms. The molecule has 0 aliphatic rings. The number of nitro groups is 1. The van der Waals surface area contributed by atoms with Crippen molar-refractivity contribution in [1.29, 1.82) is 0 Å². The molecule has 7 heteroatoms. The van der Waals surface area contributed by atoms with Crippen LogP contribution in [0.5, 0.6) is 0 Å². The number of carboxylic acids is 1. The Labute approximate surface area is 104 Å². The minimum atomic E-state index is -0.956. The molecule has 0 aliphatic heterocycles. The minimum absolute atomic E-state index is 0.0577. The van der Waals surface area contributed by atoms with Crippen molar-refractivity contribution in [3.63, 3.8) is 0 Å². The third-order valence-corrected chi connectivity index (χ3v) is 2.74. The fourth-order valence-corrected chi connectivity index (χ4v) is 1.44. The molecule has 0 aliphatic carbocycles. The average Bonchev–Trinajstić information content (AvgIpc) is 2.35. The lowest BCUT2D eigenvalue weighted by Gasteiger charge is -2.20. The number of hydrogen-bond acceptors (Lipinski definition) is 5. The molecule has 0 amide bonds. The summed E-state index contributed by atoms with van der Waals surface area (Å²) in [4.78, 5) is 24.5. The zero-order valence-electron chi connectivity index (χ0n) is 10.2. The predicted octanol–water partition coefficient (Wildman–Crippen LogP) is 1.90. The van der Waals surface area contributed by atoms with Crippen molar-refractivity contribution in [2.24, 2.45) is 5.92 Å².